The topological polar surface area (TPSA) is 58.9 Å². The van der Waals surface area contributed by atoms with Crippen LogP contribution in [0.25, 0.3) is 0 Å². The molecule has 3 aromatic carbocycles. The molecule has 1 saturated carbocycles. The lowest BCUT2D eigenvalue weighted by atomic mass is 9.52. The van der Waals surface area contributed by atoms with Gasteiger partial charge in [-0.3, -0.25) is 0 Å². The normalized spacial score (nSPS) is 23.4. The zero-order chi connectivity index (χ0) is 22.0. The number of ether oxygens (including phenoxy) is 2. The minimum absolute atomic E-state index is 0.189. The molecule has 1 aliphatic carbocycles. The predicted molar refractivity (Wildman–Crippen MR) is 121 cm³/mol. The standard InChI is InChI=1S/C27H30O4/c1-30-24-19-12-20-25(28,29)27(24,31-2)26(21-13-6-3-7-14-21,22-15-8-4-9-16-22)23-17-10-5-11-18-23/h3-11,13-18,24,28-29H,12,19-20H2,1-2H3. The van der Waals surface area contributed by atoms with Crippen molar-refractivity contribution < 1.29 is 19.7 Å². The first-order valence-corrected chi connectivity index (χ1v) is 10.7. The van der Waals surface area contributed by atoms with E-state index < -0.39 is 22.9 Å². The molecule has 1 fully saturated rings. The predicted octanol–water partition coefficient (Wildman–Crippen LogP) is 4.29. The molecule has 3 aromatic rings. The molecule has 2 N–H and O–H groups in total. The van der Waals surface area contributed by atoms with E-state index in [0.717, 1.165) is 16.7 Å². The van der Waals surface area contributed by atoms with Gasteiger partial charge in [0, 0.05) is 20.6 Å². The highest BCUT2D eigenvalue weighted by Gasteiger charge is 2.70. The van der Waals surface area contributed by atoms with Crippen LogP contribution in [0.3, 0.4) is 0 Å². The Morgan fingerprint density at radius 3 is 1.52 bits per heavy atom. The maximum Gasteiger partial charge on any atom is 0.196 e. The Kier molecular flexibility index (Phi) is 6.00. The van der Waals surface area contributed by atoms with Gasteiger partial charge in [0.1, 0.15) is 0 Å². The van der Waals surface area contributed by atoms with Crippen LogP contribution in [0.5, 0.6) is 0 Å². The fourth-order valence-electron chi connectivity index (χ4n) is 5.66. The zero-order valence-corrected chi connectivity index (χ0v) is 18.1. The second kappa shape index (κ2) is 8.56. The summed E-state index contributed by atoms with van der Waals surface area (Å²) in [5.41, 5.74) is 0.176. The third-order valence-electron chi connectivity index (χ3n) is 6.82. The molecule has 0 heterocycles. The average molecular weight is 419 g/mol. The van der Waals surface area contributed by atoms with Crippen molar-refractivity contribution in [2.45, 2.75) is 42.2 Å². The summed E-state index contributed by atoms with van der Waals surface area (Å²) in [6, 6.07) is 29.9. The Hall–Kier alpha value is -2.50. The monoisotopic (exact) mass is 418 g/mol. The fraction of sp³-hybridized carbons (Fsp3) is 0.333. The van der Waals surface area contributed by atoms with Gasteiger partial charge >= 0.3 is 0 Å². The molecular formula is C27H30O4. The molecule has 0 aliphatic heterocycles. The van der Waals surface area contributed by atoms with Crippen molar-refractivity contribution in [3.05, 3.63) is 108 Å². The molecule has 0 spiro atoms. The van der Waals surface area contributed by atoms with Crippen LogP contribution in [0.4, 0.5) is 0 Å². The van der Waals surface area contributed by atoms with E-state index in [4.69, 9.17) is 9.47 Å². The first-order valence-electron chi connectivity index (χ1n) is 10.7. The summed E-state index contributed by atoms with van der Waals surface area (Å²) < 4.78 is 12.3. The summed E-state index contributed by atoms with van der Waals surface area (Å²) in [6.07, 6.45) is 0.920. The van der Waals surface area contributed by atoms with Gasteiger partial charge in [-0.05, 0) is 29.5 Å². The van der Waals surface area contributed by atoms with E-state index in [9.17, 15) is 10.2 Å². The van der Waals surface area contributed by atoms with E-state index in [1.54, 1.807) is 14.2 Å². The molecule has 4 nitrogen and oxygen atoms in total. The van der Waals surface area contributed by atoms with Crippen molar-refractivity contribution in [3.8, 4) is 0 Å². The van der Waals surface area contributed by atoms with Gasteiger partial charge in [0.15, 0.2) is 11.4 Å². The van der Waals surface area contributed by atoms with Crippen LogP contribution in [0.2, 0.25) is 0 Å². The summed E-state index contributed by atoms with van der Waals surface area (Å²) in [4.78, 5) is 0. The molecule has 2 unspecified atom stereocenters. The number of hydrogen-bond donors (Lipinski definition) is 2. The van der Waals surface area contributed by atoms with Crippen LogP contribution in [0.15, 0.2) is 91.0 Å². The summed E-state index contributed by atoms with van der Waals surface area (Å²) in [7, 11) is 3.17. The van der Waals surface area contributed by atoms with Crippen molar-refractivity contribution in [2.24, 2.45) is 0 Å². The smallest absolute Gasteiger partial charge is 0.196 e. The minimum Gasteiger partial charge on any atom is -0.378 e. The van der Waals surface area contributed by atoms with E-state index in [0.29, 0.717) is 12.8 Å². The second-order valence-corrected chi connectivity index (χ2v) is 8.22. The Morgan fingerprint density at radius 2 is 1.16 bits per heavy atom. The van der Waals surface area contributed by atoms with Crippen LogP contribution in [-0.4, -0.2) is 41.9 Å². The van der Waals surface area contributed by atoms with E-state index in [1.807, 2.05) is 91.0 Å². The van der Waals surface area contributed by atoms with Crippen LogP contribution >= 0.6 is 0 Å². The summed E-state index contributed by atoms with van der Waals surface area (Å²) in [5, 5.41) is 23.3. The lowest BCUT2D eigenvalue weighted by molar-refractivity contribution is -0.343. The number of aliphatic hydroxyl groups is 2. The Bertz CT molecular complexity index is 875. The summed E-state index contributed by atoms with van der Waals surface area (Å²) >= 11 is 0. The minimum atomic E-state index is -2.14. The molecule has 4 rings (SSSR count). The second-order valence-electron chi connectivity index (χ2n) is 8.22. The highest BCUT2D eigenvalue weighted by atomic mass is 16.6. The maximum atomic E-state index is 11.7. The highest BCUT2D eigenvalue weighted by Crippen LogP contribution is 2.58. The molecule has 1 aliphatic rings. The van der Waals surface area contributed by atoms with Crippen LogP contribution in [0.1, 0.15) is 36.0 Å². The van der Waals surface area contributed by atoms with E-state index in [-0.39, 0.29) is 6.42 Å². The molecule has 162 valence electrons. The third kappa shape index (κ3) is 3.14. The van der Waals surface area contributed by atoms with Crippen molar-refractivity contribution in [1.29, 1.82) is 0 Å². The molecule has 0 radical (unpaired) electrons. The van der Waals surface area contributed by atoms with Crippen molar-refractivity contribution >= 4 is 0 Å². The Morgan fingerprint density at radius 1 is 0.742 bits per heavy atom. The first-order chi connectivity index (χ1) is 15.0. The number of hydrogen-bond acceptors (Lipinski definition) is 4. The van der Waals surface area contributed by atoms with Gasteiger partial charge in [-0.1, -0.05) is 91.0 Å². The molecule has 4 heteroatoms. The molecule has 0 bridgehead atoms. The van der Waals surface area contributed by atoms with Gasteiger partial charge in [-0.25, -0.2) is 0 Å². The van der Waals surface area contributed by atoms with E-state index in [1.165, 1.54) is 0 Å². The molecule has 0 amide bonds. The summed E-state index contributed by atoms with van der Waals surface area (Å²) in [6.45, 7) is 0. The van der Waals surface area contributed by atoms with Gasteiger partial charge in [0.2, 0.25) is 0 Å². The number of methoxy groups -OCH3 is 2. The van der Waals surface area contributed by atoms with Crippen molar-refractivity contribution in [2.75, 3.05) is 14.2 Å². The van der Waals surface area contributed by atoms with Gasteiger partial charge in [0.05, 0.1) is 11.5 Å². The fourth-order valence-corrected chi connectivity index (χ4v) is 5.66. The first kappa shape index (κ1) is 21.7. The largest absolute Gasteiger partial charge is 0.378 e. The average Bonchev–Trinajstić information content (AvgIpc) is 2.82. The van der Waals surface area contributed by atoms with Crippen LogP contribution in [-0.2, 0) is 14.9 Å². The van der Waals surface area contributed by atoms with Gasteiger partial charge in [-0.2, -0.15) is 0 Å². The highest BCUT2D eigenvalue weighted by molar-refractivity contribution is 5.56. The number of benzene rings is 3. The van der Waals surface area contributed by atoms with Gasteiger partial charge < -0.3 is 19.7 Å². The molecule has 0 aromatic heterocycles. The van der Waals surface area contributed by atoms with Crippen molar-refractivity contribution in [1.82, 2.24) is 0 Å². The van der Waals surface area contributed by atoms with Crippen LogP contribution in [0, 0.1) is 0 Å². The van der Waals surface area contributed by atoms with E-state index >= 15 is 0 Å². The van der Waals surface area contributed by atoms with Crippen LogP contribution < -0.4 is 0 Å². The third-order valence-corrected chi connectivity index (χ3v) is 6.82. The van der Waals surface area contributed by atoms with Crippen molar-refractivity contribution in [3.63, 3.8) is 0 Å². The molecule has 2 atom stereocenters. The Balaban J connectivity index is 2.21. The zero-order valence-electron chi connectivity index (χ0n) is 18.1. The molecule has 31 heavy (non-hydrogen) atoms. The molecular weight excluding hydrogens is 388 g/mol. The maximum absolute atomic E-state index is 11.7. The molecule has 0 saturated heterocycles. The summed E-state index contributed by atoms with van der Waals surface area (Å²) in [5.74, 6) is -2.14. The van der Waals surface area contributed by atoms with Gasteiger partial charge in [-0.15, -0.1) is 0 Å². The number of rotatable bonds is 6. The Labute approximate surface area is 184 Å². The SMILES string of the molecule is COC1CCCC(O)(O)C1(OC)C(c1ccccc1)(c1ccccc1)c1ccccc1. The van der Waals surface area contributed by atoms with E-state index in [2.05, 4.69) is 0 Å². The lowest BCUT2D eigenvalue weighted by Crippen LogP contribution is -2.75. The quantitative estimate of drug-likeness (QED) is 0.463. The lowest BCUT2D eigenvalue weighted by Gasteiger charge is -2.60. The van der Waals surface area contributed by atoms with Gasteiger partial charge in [0.25, 0.3) is 0 Å².